The van der Waals surface area contributed by atoms with Gasteiger partial charge in [-0.1, -0.05) is 40.9 Å². The molecule has 1 aromatic carbocycles. The lowest BCUT2D eigenvalue weighted by atomic mass is 10.3. The van der Waals surface area contributed by atoms with Gasteiger partial charge in [-0.05, 0) is 17.5 Å². The molecule has 0 bridgehead atoms. The van der Waals surface area contributed by atoms with Gasteiger partial charge in [0.05, 0.1) is 19.9 Å². The van der Waals surface area contributed by atoms with E-state index in [4.69, 9.17) is 44.0 Å². The zero-order valence-corrected chi connectivity index (χ0v) is 13.6. The second kappa shape index (κ2) is 6.28. The van der Waals surface area contributed by atoms with Gasteiger partial charge in [-0.15, -0.1) is 11.3 Å². The summed E-state index contributed by atoms with van der Waals surface area (Å²) >= 11 is 19.4. The lowest BCUT2D eigenvalue weighted by molar-refractivity contribution is 0.301. The van der Waals surface area contributed by atoms with E-state index in [1.54, 1.807) is 29.7 Å². The molecule has 0 unspecified atom stereocenters. The molecule has 3 rings (SSSR count). The maximum absolute atomic E-state index is 6.04. The van der Waals surface area contributed by atoms with Crippen LogP contribution in [0.25, 0.3) is 10.8 Å². The summed E-state index contributed by atoms with van der Waals surface area (Å²) in [7, 11) is 0. The van der Waals surface area contributed by atoms with Crippen LogP contribution >= 0.6 is 46.1 Å². The van der Waals surface area contributed by atoms with Gasteiger partial charge in [-0.2, -0.15) is 0 Å². The van der Waals surface area contributed by atoms with Crippen molar-refractivity contribution in [3.63, 3.8) is 0 Å². The van der Waals surface area contributed by atoms with Gasteiger partial charge in [0.2, 0.25) is 5.89 Å². The number of oxazole rings is 1. The van der Waals surface area contributed by atoms with Crippen molar-refractivity contribution in [2.45, 2.75) is 6.61 Å². The molecule has 0 atom stereocenters. The van der Waals surface area contributed by atoms with Crippen molar-refractivity contribution in [1.29, 1.82) is 0 Å². The number of hydrogen-bond donors (Lipinski definition) is 0. The van der Waals surface area contributed by atoms with Crippen molar-refractivity contribution < 1.29 is 9.15 Å². The van der Waals surface area contributed by atoms with E-state index in [1.807, 2.05) is 17.5 Å². The highest BCUT2D eigenvalue weighted by Crippen LogP contribution is 2.34. The second-order valence-electron chi connectivity index (χ2n) is 4.11. The molecule has 3 aromatic rings. The predicted octanol–water partition coefficient (Wildman–Crippen LogP) is 5.94. The Labute approximate surface area is 140 Å². The molecule has 0 spiro atoms. The first-order chi connectivity index (χ1) is 10.1. The molecule has 0 fully saturated rings. The van der Waals surface area contributed by atoms with Crippen molar-refractivity contribution in [3.05, 3.63) is 56.7 Å². The van der Waals surface area contributed by atoms with Crippen LogP contribution < -0.4 is 4.74 Å². The van der Waals surface area contributed by atoms with Crippen molar-refractivity contribution >= 4 is 46.1 Å². The minimum atomic E-state index is 0.229. The fraction of sp³-hybridized carbons (Fsp3) is 0.0714. The summed E-state index contributed by atoms with van der Waals surface area (Å²) in [5, 5.41) is 3.13. The molecular formula is C14H8Cl3NO2S. The van der Waals surface area contributed by atoms with Crippen LogP contribution in [0.4, 0.5) is 0 Å². The van der Waals surface area contributed by atoms with Gasteiger partial charge in [-0.25, -0.2) is 4.98 Å². The molecule has 0 N–H and O–H groups in total. The first kappa shape index (κ1) is 14.7. The summed E-state index contributed by atoms with van der Waals surface area (Å²) in [5.74, 6) is 1.02. The highest BCUT2D eigenvalue weighted by molar-refractivity contribution is 7.13. The summed E-state index contributed by atoms with van der Waals surface area (Å²) in [6, 6.07) is 7.00. The fourth-order valence-electron chi connectivity index (χ4n) is 1.65. The van der Waals surface area contributed by atoms with Gasteiger partial charge >= 0.3 is 0 Å². The molecule has 7 heteroatoms. The minimum absolute atomic E-state index is 0.229. The van der Waals surface area contributed by atoms with E-state index in [-0.39, 0.29) is 6.61 Å². The van der Waals surface area contributed by atoms with E-state index >= 15 is 0 Å². The lowest BCUT2D eigenvalue weighted by Gasteiger charge is -2.07. The maximum Gasteiger partial charge on any atom is 0.236 e. The number of ether oxygens (including phenoxy) is 1. The summed E-state index contributed by atoms with van der Waals surface area (Å²) in [6.45, 7) is 0.229. The first-order valence-electron chi connectivity index (χ1n) is 5.89. The monoisotopic (exact) mass is 359 g/mol. The molecule has 21 heavy (non-hydrogen) atoms. The summed E-state index contributed by atoms with van der Waals surface area (Å²) in [4.78, 5) is 5.32. The Balaban J connectivity index is 1.72. The van der Waals surface area contributed by atoms with Crippen LogP contribution in [0.5, 0.6) is 5.75 Å². The predicted molar refractivity (Wildman–Crippen MR) is 85.6 cm³/mol. The topological polar surface area (TPSA) is 35.3 Å². The number of rotatable bonds is 4. The third kappa shape index (κ3) is 3.35. The van der Waals surface area contributed by atoms with Crippen molar-refractivity contribution in [2.75, 3.05) is 0 Å². The second-order valence-corrected chi connectivity index (χ2v) is 6.28. The normalized spacial score (nSPS) is 10.8. The number of halogens is 3. The molecule has 0 aliphatic carbocycles. The molecule has 2 aromatic heterocycles. The number of aromatic nitrogens is 1. The molecule has 0 amide bonds. The zero-order chi connectivity index (χ0) is 14.8. The van der Waals surface area contributed by atoms with E-state index in [2.05, 4.69) is 4.98 Å². The highest BCUT2D eigenvalue weighted by Gasteiger charge is 2.10. The summed E-state index contributed by atoms with van der Waals surface area (Å²) in [5.41, 5.74) is 0.667. The molecule has 0 aliphatic heterocycles. The van der Waals surface area contributed by atoms with E-state index < -0.39 is 0 Å². The molecule has 0 saturated heterocycles. The summed E-state index contributed by atoms with van der Waals surface area (Å²) < 4.78 is 11.0. The van der Waals surface area contributed by atoms with Gasteiger partial charge < -0.3 is 9.15 Å². The van der Waals surface area contributed by atoms with Gasteiger partial charge in [-0.3, -0.25) is 0 Å². The Hall–Kier alpha value is -1.20. The number of benzene rings is 1. The Morgan fingerprint density at radius 2 is 1.95 bits per heavy atom. The fourth-order valence-corrected chi connectivity index (χ4v) is 2.90. The largest absolute Gasteiger partial charge is 0.486 e. The van der Waals surface area contributed by atoms with E-state index in [9.17, 15) is 0 Å². The molecule has 0 aliphatic rings. The van der Waals surface area contributed by atoms with E-state index in [0.717, 1.165) is 4.88 Å². The Bertz CT molecular complexity index is 756. The van der Waals surface area contributed by atoms with Crippen molar-refractivity contribution in [1.82, 2.24) is 4.98 Å². The van der Waals surface area contributed by atoms with Crippen LogP contribution in [0, 0.1) is 0 Å². The third-order valence-corrected chi connectivity index (χ3v) is 4.51. The van der Waals surface area contributed by atoms with Crippen molar-refractivity contribution in [2.24, 2.45) is 0 Å². The van der Waals surface area contributed by atoms with Gasteiger partial charge in [0.15, 0.2) is 0 Å². The highest BCUT2D eigenvalue weighted by atomic mass is 35.5. The lowest BCUT2D eigenvalue weighted by Crippen LogP contribution is -1.96. The Morgan fingerprint density at radius 1 is 1.14 bits per heavy atom. The van der Waals surface area contributed by atoms with E-state index in [0.29, 0.717) is 32.4 Å². The molecule has 108 valence electrons. The first-order valence-corrected chi connectivity index (χ1v) is 7.90. The van der Waals surface area contributed by atoms with Crippen LogP contribution in [0.1, 0.15) is 5.69 Å². The maximum atomic E-state index is 6.04. The molecule has 2 heterocycles. The Morgan fingerprint density at radius 3 is 2.71 bits per heavy atom. The molecule has 0 saturated carbocycles. The standard InChI is InChI=1S/C14H8Cl3NO2S/c15-9-4-11(17)12(5-10(9)16)19-6-8-7-20-14(18-8)13-2-1-3-21-13/h1-5,7H,6H2. The van der Waals surface area contributed by atoms with Crippen molar-refractivity contribution in [3.8, 4) is 16.5 Å². The Kier molecular flexibility index (Phi) is 4.40. The number of thiophene rings is 1. The van der Waals surface area contributed by atoms with Gasteiger partial charge in [0.1, 0.15) is 24.3 Å². The van der Waals surface area contributed by atoms with Gasteiger partial charge in [0, 0.05) is 6.07 Å². The molecule has 0 radical (unpaired) electrons. The van der Waals surface area contributed by atoms with Crippen LogP contribution in [0.2, 0.25) is 15.1 Å². The van der Waals surface area contributed by atoms with Gasteiger partial charge in [0.25, 0.3) is 0 Å². The summed E-state index contributed by atoms with van der Waals surface area (Å²) in [6.07, 6.45) is 1.56. The van der Waals surface area contributed by atoms with E-state index in [1.165, 1.54) is 0 Å². The number of hydrogen-bond acceptors (Lipinski definition) is 4. The average Bonchev–Trinajstić information content (AvgIpc) is 3.11. The van der Waals surface area contributed by atoms with Crippen LogP contribution in [0.3, 0.4) is 0 Å². The van der Waals surface area contributed by atoms with Crippen LogP contribution in [-0.2, 0) is 6.61 Å². The van der Waals surface area contributed by atoms with Crippen LogP contribution in [0.15, 0.2) is 40.3 Å². The van der Waals surface area contributed by atoms with Crippen LogP contribution in [-0.4, -0.2) is 4.98 Å². The smallest absolute Gasteiger partial charge is 0.236 e. The molecule has 3 nitrogen and oxygen atoms in total. The third-order valence-electron chi connectivity index (χ3n) is 2.63. The number of nitrogens with zero attached hydrogens (tertiary/aromatic N) is 1. The molecular weight excluding hydrogens is 353 g/mol. The average molecular weight is 361 g/mol. The SMILES string of the molecule is Clc1cc(Cl)c(OCc2coc(-c3cccs3)n2)cc1Cl. The minimum Gasteiger partial charge on any atom is -0.486 e. The quantitative estimate of drug-likeness (QED) is 0.540. The zero-order valence-electron chi connectivity index (χ0n) is 10.5.